The highest BCUT2D eigenvalue weighted by Crippen LogP contribution is 2.35. The number of benzene rings is 1. The fourth-order valence-corrected chi connectivity index (χ4v) is 6.01. The number of methoxy groups -OCH3 is 1. The SMILES string of the molecule is COCCOc1nn(C2CCC(N3CCOCC3)CC2)cc1Nc1ncc(-c2ccc(C#N)c(O[C@@H](C)Cn3cncn3)c2)cn1. The summed E-state index contributed by atoms with van der Waals surface area (Å²) < 4.78 is 26.5. The average molecular weight is 629 g/mol. The van der Waals surface area contributed by atoms with Gasteiger partial charge in [0.05, 0.1) is 44.2 Å². The molecule has 1 aliphatic carbocycles. The van der Waals surface area contributed by atoms with Crippen molar-refractivity contribution in [1.82, 2.24) is 39.4 Å². The molecule has 2 aliphatic rings. The molecule has 0 amide bonds. The van der Waals surface area contributed by atoms with Crippen LogP contribution >= 0.6 is 0 Å². The van der Waals surface area contributed by atoms with Gasteiger partial charge in [0.15, 0.2) is 0 Å². The van der Waals surface area contributed by atoms with E-state index in [1.54, 1.807) is 36.6 Å². The quantitative estimate of drug-likeness (QED) is 0.214. The van der Waals surface area contributed by atoms with Crippen molar-refractivity contribution in [2.45, 2.75) is 57.3 Å². The molecule has 1 N–H and O–H groups in total. The van der Waals surface area contributed by atoms with Crippen molar-refractivity contribution in [3.8, 4) is 28.8 Å². The first kappa shape index (κ1) is 31.4. The highest BCUT2D eigenvalue weighted by molar-refractivity contribution is 5.67. The molecular formula is C32H40N10O4. The summed E-state index contributed by atoms with van der Waals surface area (Å²) in [4.78, 5) is 15.7. The van der Waals surface area contributed by atoms with Crippen molar-refractivity contribution in [3.05, 3.63) is 55.0 Å². The molecule has 0 bridgehead atoms. The minimum Gasteiger partial charge on any atom is -0.487 e. The summed E-state index contributed by atoms with van der Waals surface area (Å²) in [7, 11) is 1.64. The number of hydrogen-bond donors (Lipinski definition) is 1. The number of ether oxygens (including phenoxy) is 4. The second-order valence-corrected chi connectivity index (χ2v) is 11.6. The maximum Gasteiger partial charge on any atom is 0.257 e. The van der Waals surface area contributed by atoms with Crippen LogP contribution in [0.2, 0.25) is 0 Å². The van der Waals surface area contributed by atoms with Gasteiger partial charge in [-0.1, -0.05) is 6.07 Å². The van der Waals surface area contributed by atoms with Gasteiger partial charge in [-0.3, -0.25) is 9.58 Å². The Bertz CT molecular complexity index is 1570. The van der Waals surface area contributed by atoms with E-state index in [-0.39, 0.29) is 6.10 Å². The normalized spacial score (nSPS) is 19.3. The number of rotatable bonds is 13. The molecular weight excluding hydrogens is 588 g/mol. The van der Waals surface area contributed by atoms with Gasteiger partial charge in [-0.25, -0.2) is 19.6 Å². The fraction of sp³-hybridized carbons (Fsp3) is 0.500. The third-order valence-electron chi connectivity index (χ3n) is 8.40. The lowest BCUT2D eigenvalue weighted by molar-refractivity contribution is 0.00502. The Balaban J connectivity index is 1.13. The third kappa shape index (κ3) is 7.79. The van der Waals surface area contributed by atoms with Crippen LogP contribution in [0.1, 0.15) is 44.2 Å². The molecule has 0 spiro atoms. The minimum atomic E-state index is -0.229. The van der Waals surface area contributed by atoms with Gasteiger partial charge in [-0.15, -0.1) is 5.10 Å². The predicted molar refractivity (Wildman–Crippen MR) is 169 cm³/mol. The molecule has 4 heterocycles. The number of morpholine rings is 1. The number of hydrogen-bond acceptors (Lipinski definition) is 12. The summed E-state index contributed by atoms with van der Waals surface area (Å²) in [6, 6.07) is 8.55. The van der Waals surface area contributed by atoms with E-state index in [1.807, 2.05) is 29.9 Å². The molecule has 3 aromatic heterocycles. The third-order valence-corrected chi connectivity index (χ3v) is 8.40. The van der Waals surface area contributed by atoms with Crippen LogP contribution in [0.4, 0.5) is 11.6 Å². The standard InChI is InChI=1S/C32H40N10O4/c1-23(19-41-22-34-21-37-41)46-30-15-24(3-4-25(30)16-33)26-17-35-32(36-18-26)38-29-20-42(39-31(29)45-14-13-43-2)28-7-5-27(6-8-28)40-9-11-44-12-10-40/h3-4,15,17-18,20-23,27-28H,5-14,19H2,1-2H3,(H,35,36,38)/t23-,27?,28?/m0/s1. The van der Waals surface area contributed by atoms with Gasteiger partial charge in [-0.2, -0.15) is 10.4 Å². The second-order valence-electron chi connectivity index (χ2n) is 11.6. The number of anilines is 2. The Hall–Kier alpha value is -4.58. The molecule has 2 fully saturated rings. The molecule has 0 unspecified atom stereocenters. The topological polar surface area (TPSA) is 150 Å². The molecule has 14 heteroatoms. The van der Waals surface area contributed by atoms with Crippen molar-refractivity contribution < 1.29 is 18.9 Å². The first-order valence-electron chi connectivity index (χ1n) is 15.7. The number of nitrogens with one attached hydrogen (secondary N) is 1. The Labute approximate surface area is 268 Å². The second kappa shape index (κ2) is 15.1. The van der Waals surface area contributed by atoms with Crippen LogP contribution < -0.4 is 14.8 Å². The molecule has 1 saturated heterocycles. The van der Waals surface area contributed by atoms with Crippen molar-refractivity contribution in [2.75, 3.05) is 51.9 Å². The Kier molecular flexibility index (Phi) is 10.3. The zero-order valence-corrected chi connectivity index (χ0v) is 26.3. The first-order chi connectivity index (χ1) is 22.6. The molecule has 14 nitrogen and oxygen atoms in total. The van der Waals surface area contributed by atoms with Crippen molar-refractivity contribution in [1.29, 1.82) is 5.26 Å². The lowest BCUT2D eigenvalue weighted by Crippen LogP contribution is -2.45. The van der Waals surface area contributed by atoms with Crippen molar-refractivity contribution in [2.24, 2.45) is 0 Å². The molecule has 1 aliphatic heterocycles. The molecule has 242 valence electrons. The van der Waals surface area contributed by atoms with Crippen LogP contribution in [0.3, 0.4) is 0 Å². The highest BCUT2D eigenvalue weighted by Gasteiger charge is 2.29. The molecule has 46 heavy (non-hydrogen) atoms. The number of nitriles is 1. The summed E-state index contributed by atoms with van der Waals surface area (Å²) in [5.41, 5.74) is 2.77. The van der Waals surface area contributed by atoms with Gasteiger partial charge in [0.25, 0.3) is 5.88 Å². The van der Waals surface area contributed by atoms with Crippen LogP contribution in [0.25, 0.3) is 11.1 Å². The Morgan fingerprint density at radius 3 is 2.57 bits per heavy atom. The highest BCUT2D eigenvalue weighted by atomic mass is 16.5. The Morgan fingerprint density at radius 2 is 1.85 bits per heavy atom. The molecule has 1 saturated carbocycles. The van der Waals surface area contributed by atoms with Crippen LogP contribution in [-0.2, 0) is 16.0 Å². The summed E-state index contributed by atoms with van der Waals surface area (Å²) in [6.45, 7) is 6.95. The maximum absolute atomic E-state index is 9.65. The van der Waals surface area contributed by atoms with E-state index in [9.17, 15) is 5.26 Å². The van der Waals surface area contributed by atoms with Crippen LogP contribution in [0.5, 0.6) is 11.6 Å². The fourth-order valence-electron chi connectivity index (χ4n) is 6.01. The van der Waals surface area contributed by atoms with E-state index in [0.29, 0.717) is 60.7 Å². The first-order valence-corrected chi connectivity index (χ1v) is 15.7. The van der Waals surface area contributed by atoms with Crippen molar-refractivity contribution in [3.63, 3.8) is 0 Å². The zero-order valence-electron chi connectivity index (χ0n) is 26.3. The zero-order chi connectivity index (χ0) is 31.7. The van der Waals surface area contributed by atoms with E-state index in [0.717, 1.165) is 63.1 Å². The van der Waals surface area contributed by atoms with Crippen LogP contribution in [0.15, 0.2) is 49.4 Å². The van der Waals surface area contributed by atoms with E-state index >= 15 is 0 Å². The lowest BCUT2D eigenvalue weighted by atomic mass is 9.90. The number of nitrogens with zero attached hydrogens (tertiary/aromatic N) is 9. The predicted octanol–water partition coefficient (Wildman–Crippen LogP) is 3.86. The van der Waals surface area contributed by atoms with Gasteiger partial charge in [0, 0.05) is 44.2 Å². The van der Waals surface area contributed by atoms with E-state index < -0.39 is 0 Å². The largest absolute Gasteiger partial charge is 0.487 e. The van der Waals surface area contributed by atoms with Gasteiger partial charge >= 0.3 is 0 Å². The van der Waals surface area contributed by atoms with Gasteiger partial charge in [0.2, 0.25) is 5.95 Å². The van der Waals surface area contributed by atoms with E-state index in [1.165, 1.54) is 6.33 Å². The molecule has 6 rings (SSSR count). The molecule has 1 aromatic carbocycles. The minimum absolute atomic E-state index is 0.229. The molecule has 1 atom stereocenters. The number of aromatic nitrogens is 7. The summed E-state index contributed by atoms with van der Waals surface area (Å²) in [5, 5.41) is 21.9. The summed E-state index contributed by atoms with van der Waals surface area (Å²) >= 11 is 0. The van der Waals surface area contributed by atoms with Crippen molar-refractivity contribution >= 4 is 11.6 Å². The Morgan fingerprint density at radius 1 is 1.07 bits per heavy atom. The van der Waals surface area contributed by atoms with E-state index in [4.69, 9.17) is 24.0 Å². The maximum atomic E-state index is 9.65. The molecule has 4 aromatic rings. The molecule has 0 radical (unpaired) electrons. The summed E-state index contributed by atoms with van der Waals surface area (Å²) in [5.74, 6) is 1.40. The van der Waals surface area contributed by atoms with Gasteiger partial charge in [0.1, 0.15) is 42.9 Å². The van der Waals surface area contributed by atoms with Crippen LogP contribution in [0, 0.1) is 11.3 Å². The van der Waals surface area contributed by atoms with Crippen LogP contribution in [-0.4, -0.2) is 98.2 Å². The lowest BCUT2D eigenvalue weighted by Gasteiger charge is -2.38. The smallest absolute Gasteiger partial charge is 0.257 e. The average Bonchev–Trinajstić information content (AvgIpc) is 3.75. The van der Waals surface area contributed by atoms with Gasteiger partial charge in [-0.05, 0) is 50.3 Å². The monoisotopic (exact) mass is 628 g/mol. The van der Waals surface area contributed by atoms with E-state index in [2.05, 4.69) is 36.3 Å². The summed E-state index contributed by atoms with van der Waals surface area (Å²) in [6.07, 6.45) is 12.7. The van der Waals surface area contributed by atoms with Gasteiger partial charge < -0.3 is 24.3 Å².